The number of quaternary nitrogens is 1. The maximum absolute atomic E-state index is 13.2. The lowest BCUT2D eigenvalue weighted by Gasteiger charge is -2.32. The summed E-state index contributed by atoms with van der Waals surface area (Å²) >= 11 is 6.03. The SMILES string of the molecule is COc1ccc([C@@H](CNC(=O)[C@@H](c2ccc(Cl)cc2)C(C)C)[NH+]2CCOCC2)cc1. The second kappa shape index (κ2) is 10.8. The van der Waals surface area contributed by atoms with Crippen LogP contribution in [0.2, 0.25) is 5.02 Å². The lowest BCUT2D eigenvalue weighted by atomic mass is 9.87. The Kier molecular flexibility index (Phi) is 8.14. The van der Waals surface area contributed by atoms with Gasteiger partial charge in [0.2, 0.25) is 5.91 Å². The maximum Gasteiger partial charge on any atom is 0.228 e. The van der Waals surface area contributed by atoms with Gasteiger partial charge in [0.05, 0.1) is 32.8 Å². The molecule has 6 heteroatoms. The van der Waals surface area contributed by atoms with Gasteiger partial charge < -0.3 is 19.7 Å². The molecule has 2 N–H and O–H groups in total. The second-order valence-corrected chi connectivity index (χ2v) is 8.55. The number of carbonyl (C=O) groups is 1. The third-order valence-electron chi connectivity index (χ3n) is 5.80. The molecule has 0 saturated carbocycles. The van der Waals surface area contributed by atoms with Gasteiger partial charge in [-0.1, -0.05) is 37.6 Å². The standard InChI is InChI=1S/C24H31ClN2O3/c1-17(2)23(19-4-8-20(25)9-5-19)24(28)26-16-22(27-12-14-30-15-13-27)18-6-10-21(29-3)11-7-18/h4-11,17,22-23H,12-16H2,1-3H3,(H,26,28)/p+1/t22-,23-/m1/s1. The Morgan fingerprint density at radius 2 is 1.67 bits per heavy atom. The van der Waals surface area contributed by atoms with Crippen LogP contribution in [0.4, 0.5) is 0 Å². The van der Waals surface area contributed by atoms with Crippen molar-refractivity contribution in [2.24, 2.45) is 5.92 Å². The van der Waals surface area contributed by atoms with Crippen molar-refractivity contribution in [1.29, 1.82) is 0 Å². The largest absolute Gasteiger partial charge is 0.497 e. The van der Waals surface area contributed by atoms with Gasteiger partial charge in [-0.25, -0.2) is 0 Å². The molecule has 1 heterocycles. The fourth-order valence-electron chi connectivity index (χ4n) is 4.14. The number of morpholine rings is 1. The zero-order valence-electron chi connectivity index (χ0n) is 18.0. The predicted molar refractivity (Wildman–Crippen MR) is 119 cm³/mol. The molecule has 30 heavy (non-hydrogen) atoms. The van der Waals surface area contributed by atoms with Gasteiger partial charge in [-0.15, -0.1) is 0 Å². The highest BCUT2D eigenvalue weighted by Crippen LogP contribution is 2.26. The van der Waals surface area contributed by atoms with Crippen LogP contribution >= 0.6 is 11.6 Å². The molecule has 1 saturated heterocycles. The molecule has 162 valence electrons. The minimum atomic E-state index is -0.210. The predicted octanol–water partition coefficient (Wildman–Crippen LogP) is 2.86. The minimum absolute atomic E-state index is 0.0542. The summed E-state index contributed by atoms with van der Waals surface area (Å²) in [6.45, 7) is 8.08. The number of methoxy groups -OCH3 is 1. The molecule has 1 aliphatic rings. The van der Waals surface area contributed by atoms with Crippen molar-refractivity contribution >= 4 is 17.5 Å². The van der Waals surface area contributed by atoms with Crippen molar-refractivity contribution < 1.29 is 19.2 Å². The highest BCUT2D eigenvalue weighted by molar-refractivity contribution is 6.30. The molecule has 0 aromatic heterocycles. The Bertz CT molecular complexity index is 802. The Labute approximate surface area is 184 Å². The summed E-state index contributed by atoms with van der Waals surface area (Å²) in [5.74, 6) is 0.861. The number of benzene rings is 2. The van der Waals surface area contributed by atoms with E-state index >= 15 is 0 Å². The number of hydrogen-bond acceptors (Lipinski definition) is 3. The summed E-state index contributed by atoms with van der Waals surface area (Å²) in [6.07, 6.45) is 0. The Morgan fingerprint density at radius 1 is 1.07 bits per heavy atom. The molecule has 1 amide bonds. The zero-order chi connectivity index (χ0) is 21.5. The van der Waals surface area contributed by atoms with Gasteiger partial charge in [-0.3, -0.25) is 4.79 Å². The molecule has 0 unspecified atom stereocenters. The van der Waals surface area contributed by atoms with E-state index in [9.17, 15) is 4.79 Å². The summed E-state index contributed by atoms with van der Waals surface area (Å²) in [5, 5.41) is 3.91. The number of carbonyl (C=O) groups excluding carboxylic acids is 1. The molecule has 2 aromatic rings. The molecule has 0 spiro atoms. The van der Waals surface area contributed by atoms with Crippen LogP contribution < -0.4 is 15.0 Å². The van der Waals surface area contributed by atoms with E-state index in [1.165, 1.54) is 10.5 Å². The van der Waals surface area contributed by atoms with Crippen molar-refractivity contribution in [3.8, 4) is 5.75 Å². The van der Waals surface area contributed by atoms with Crippen LogP contribution in [0.1, 0.15) is 36.9 Å². The number of nitrogens with one attached hydrogen (secondary N) is 2. The van der Waals surface area contributed by atoms with Crippen LogP contribution in [0.5, 0.6) is 5.75 Å². The van der Waals surface area contributed by atoms with Crippen LogP contribution in [-0.2, 0) is 9.53 Å². The summed E-state index contributed by atoms with van der Waals surface area (Å²) < 4.78 is 10.8. The second-order valence-electron chi connectivity index (χ2n) is 8.11. The van der Waals surface area contributed by atoms with Crippen molar-refractivity contribution in [1.82, 2.24) is 5.32 Å². The third-order valence-corrected chi connectivity index (χ3v) is 6.06. The summed E-state index contributed by atoms with van der Waals surface area (Å²) in [6, 6.07) is 15.9. The number of hydrogen-bond donors (Lipinski definition) is 2. The first-order valence-corrected chi connectivity index (χ1v) is 11.0. The van der Waals surface area contributed by atoms with Crippen LogP contribution in [0.25, 0.3) is 0 Å². The molecule has 5 nitrogen and oxygen atoms in total. The van der Waals surface area contributed by atoms with Gasteiger partial charge in [0, 0.05) is 10.6 Å². The van der Waals surface area contributed by atoms with Crippen molar-refractivity contribution in [2.75, 3.05) is 40.0 Å². The van der Waals surface area contributed by atoms with E-state index in [1.54, 1.807) is 7.11 Å². The molecule has 2 atom stereocenters. The topological polar surface area (TPSA) is 52.0 Å². The first-order chi connectivity index (χ1) is 14.5. The third kappa shape index (κ3) is 5.75. The van der Waals surface area contributed by atoms with Gasteiger partial charge >= 0.3 is 0 Å². The quantitative estimate of drug-likeness (QED) is 0.675. The molecule has 0 radical (unpaired) electrons. The highest BCUT2D eigenvalue weighted by Gasteiger charge is 2.29. The average Bonchev–Trinajstić information content (AvgIpc) is 2.76. The fourth-order valence-corrected chi connectivity index (χ4v) is 4.26. The number of rotatable bonds is 8. The van der Waals surface area contributed by atoms with Crippen molar-refractivity contribution in [2.45, 2.75) is 25.8 Å². The van der Waals surface area contributed by atoms with Crippen molar-refractivity contribution in [3.63, 3.8) is 0 Å². The fraction of sp³-hybridized carbons (Fsp3) is 0.458. The van der Waals surface area contributed by atoms with E-state index < -0.39 is 0 Å². The number of ether oxygens (including phenoxy) is 2. The summed E-state index contributed by atoms with van der Waals surface area (Å²) in [4.78, 5) is 14.6. The average molecular weight is 432 g/mol. The van der Waals surface area contributed by atoms with E-state index in [0.717, 1.165) is 37.6 Å². The lowest BCUT2D eigenvalue weighted by Crippen LogP contribution is -3.15. The number of halogens is 1. The van der Waals surface area contributed by atoms with Gasteiger partial charge in [0.1, 0.15) is 24.9 Å². The molecule has 1 aliphatic heterocycles. The Hall–Kier alpha value is -2.08. The number of amides is 1. The van der Waals surface area contributed by atoms with E-state index in [1.807, 2.05) is 36.4 Å². The van der Waals surface area contributed by atoms with Gasteiger partial charge in [-0.2, -0.15) is 0 Å². The molecule has 1 fully saturated rings. The van der Waals surface area contributed by atoms with Crippen LogP contribution in [0.3, 0.4) is 0 Å². The van der Waals surface area contributed by atoms with E-state index in [0.29, 0.717) is 11.6 Å². The monoisotopic (exact) mass is 431 g/mol. The molecular weight excluding hydrogens is 400 g/mol. The molecule has 3 rings (SSSR count). The first kappa shape index (κ1) is 22.6. The smallest absolute Gasteiger partial charge is 0.228 e. The zero-order valence-corrected chi connectivity index (χ0v) is 18.7. The normalized spacial score (nSPS) is 16.8. The summed E-state index contributed by atoms with van der Waals surface area (Å²) in [5.41, 5.74) is 2.19. The Morgan fingerprint density at radius 3 is 2.23 bits per heavy atom. The van der Waals surface area contributed by atoms with Gasteiger partial charge in [0.25, 0.3) is 0 Å². The van der Waals surface area contributed by atoms with Crippen LogP contribution in [0.15, 0.2) is 48.5 Å². The van der Waals surface area contributed by atoms with Crippen LogP contribution in [0, 0.1) is 5.92 Å². The van der Waals surface area contributed by atoms with Gasteiger partial charge in [0.15, 0.2) is 0 Å². The first-order valence-electron chi connectivity index (χ1n) is 10.6. The summed E-state index contributed by atoms with van der Waals surface area (Å²) in [7, 11) is 1.67. The highest BCUT2D eigenvalue weighted by atomic mass is 35.5. The minimum Gasteiger partial charge on any atom is -0.497 e. The molecule has 2 aromatic carbocycles. The molecular formula is C24H32ClN2O3+. The van der Waals surface area contributed by atoms with Crippen LogP contribution in [-0.4, -0.2) is 45.9 Å². The Balaban J connectivity index is 1.75. The van der Waals surface area contributed by atoms with Gasteiger partial charge in [-0.05, 0) is 47.9 Å². The maximum atomic E-state index is 13.2. The van der Waals surface area contributed by atoms with E-state index in [4.69, 9.17) is 21.1 Å². The van der Waals surface area contributed by atoms with Crippen molar-refractivity contribution in [3.05, 3.63) is 64.7 Å². The molecule has 0 bridgehead atoms. The van der Waals surface area contributed by atoms with E-state index in [2.05, 4.69) is 31.3 Å². The van der Waals surface area contributed by atoms with E-state index in [-0.39, 0.29) is 23.8 Å². The lowest BCUT2D eigenvalue weighted by molar-refractivity contribution is -0.937. The molecule has 0 aliphatic carbocycles.